The summed E-state index contributed by atoms with van der Waals surface area (Å²) in [5.41, 5.74) is -0.350. The summed E-state index contributed by atoms with van der Waals surface area (Å²) in [4.78, 5) is 11.6. The van der Waals surface area contributed by atoms with Gasteiger partial charge in [-0.05, 0) is 12.3 Å². The van der Waals surface area contributed by atoms with Gasteiger partial charge in [-0.1, -0.05) is 34.6 Å². The zero-order valence-electron chi connectivity index (χ0n) is 16.8. The van der Waals surface area contributed by atoms with E-state index in [0.717, 1.165) is 13.0 Å². The average molecular weight is 363 g/mol. The third-order valence-corrected chi connectivity index (χ3v) is 3.40. The van der Waals surface area contributed by atoms with E-state index in [1.54, 1.807) is 0 Å². The van der Waals surface area contributed by atoms with E-state index >= 15 is 0 Å². The lowest BCUT2D eigenvalue weighted by atomic mass is 9.91. The van der Waals surface area contributed by atoms with E-state index in [1.807, 2.05) is 20.8 Å². The van der Waals surface area contributed by atoms with Crippen LogP contribution in [0.4, 0.5) is 0 Å². The maximum Gasteiger partial charge on any atom is 0.163 e. The van der Waals surface area contributed by atoms with Gasteiger partial charge in [0.05, 0.1) is 52.9 Å². The number of rotatable bonds is 17. The molecule has 0 spiro atoms. The first kappa shape index (κ1) is 24.5. The van der Waals surface area contributed by atoms with Crippen LogP contribution < -0.4 is 0 Å². The standard InChI is InChI=1S/C19H38O6/c1-17(2)6-7-21-8-9-22-10-11-23-12-13-24-14-15-25-16-18(20)19(3,4)5/h17H,6-16H2,1-5H3. The molecule has 0 heterocycles. The molecule has 0 aliphatic heterocycles. The molecule has 25 heavy (non-hydrogen) atoms. The van der Waals surface area contributed by atoms with Crippen molar-refractivity contribution < 1.29 is 28.5 Å². The summed E-state index contributed by atoms with van der Waals surface area (Å²) < 4.78 is 26.9. The molecule has 0 aromatic rings. The Labute approximate surface area is 153 Å². The number of hydrogen-bond acceptors (Lipinski definition) is 6. The van der Waals surface area contributed by atoms with Gasteiger partial charge in [-0.3, -0.25) is 4.79 Å². The maximum absolute atomic E-state index is 11.6. The monoisotopic (exact) mass is 362 g/mol. The Bertz CT molecular complexity index is 312. The average Bonchev–Trinajstić information content (AvgIpc) is 2.53. The quantitative estimate of drug-likeness (QED) is 0.371. The Morgan fingerprint density at radius 3 is 1.40 bits per heavy atom. The lowest BCUT2D eigenvalue weighted by Crippen LogP contribution is -2.25. The second kappa shape index (κ2) is 15.7. The van der Waals surface area contributed by atoms with Crippen molar-refractivity contribution in [1.29, 1.82) is 0 Å². The van der Waals surface area contributed by atoms with E-state index in [0.29, 0.717) is 58.8 Å². The molecule has 150 valence electrons. The normalized spacial score (nSPS) is 12.1. The smallest absolute Gasteiger partial charge is 0.163 e. The Kier molecular flexibility index (Phi) is 15.4. The number of hydrogen-bond donors (Lipinski definition) is 0. The minimum atomic E-state index is -0.350. The molecule has 0 saturated heterocycles. The minimum absolute atomic E-state index is 0.0983. The van der Waals surface area contributed by atoms with Crippen molar-refractivity contribution in [3.05, 3.63) is 0 Å². The summed E-state index contributed by atoms with van der Waals surface area (Å²) in [7, 11) is 0. The van der Waals surface area contributed by atoms with Crippen LogP contribution in [0.1, 0.15) is 41.0 Å². The second-order valence-electron chi connectivity index (χ2n) is 7.36. The van der Waals surface area contributed by atoms with Gasteiger partial charge in [0.1, 0.15) is 6.61 Å². The molecule has 0 N–H and O–H groups in total. The predicted molar refractivity (Wildman–Crippen MR) is 98.0 cm³/mol. The molecule has 0 unspecified atom stereocenters. The molecule has 0 bridgehead atoms. The fourth-order valence-electron chi connectivity index (χ4n) is 1.58. The summed E-state index contributed by atoms with van der Waals surface area (Å²) >= 11 is 0. The number of carbonyl (C=O) groups excluding carboxylic acids is 1. The highest BCUT2D eigenvalue weighted by Gasteiger charge is 2.20. The lowest BCUT2D eigenvalue weighted by Gasteiger charge is -2.16. The van der Waals surface area contributed by atoms with Crippen LogP contribution in [0.3, 0.4) is 0 Å². The first-order valence-corrected chi connectivity index (χ1v) is 9.26. The molecule has 0 saturated carbocycles. The van der Waals surface area contributed by atoms with Crippen LogP contribution in [-0.2, 0) is 28.5 Å². The highest BCUT2D eigenvalue weighted by atomic mass is 16.6. The third kappa shape index (κ3) is 18.1. The van der Waals surface area contributed by atoms with E-state index in [2.05, 4.69) is 13.8 Å². The summed E-state index contributed by atoms with van der Waals surface area (Å²) in [6, 6.07) is 0. The van der Waals surface area contributed by atoms with Crippen molar-refractivity contribution in [1.82, 2.24) is 0 Å². The molecule has 0 radical (unpaired) electrons. The van der Waals surface area contributed by atoms with Crippen molar-refractivity contribution in [3.63, 3.8) is 0 Å². The number of carbonyl (C=O) groups is 1. The molecular weight excluding hydrogens is 324 g/mol. The first-order valence-electron chi connectivity index (χ1n) is 9.26. The summed E-state index contributed by atoms with van der Waals surface area (Å²) in [5, 5.41) is 0. The van der Waals surface area contributed by atoms with E-state index in [-0.39, 0.29) is 17.8 Å². The summed E-state index contributed by atoms with van der Waals surface area (Å²) in [5.74, 6) is 0.773. The molecule has 0 fully saturated rings. The van der Waals surface area contributed by atoms with Gasteiger partial charge < -0.3 is 23.7 Å². The summed E-state index contributed by atoms with van der Waals surface area (Å²) in [6.45, 7) is 15.2. The predicted octanol–water partition coefficient (Wildman–Crippen LogP) is 2.73. The highest BCUT2D eigenvalue weighted by molar-refractivity contribution is 5.84. The van der Waals surface area contributed by atoms with Crippen LogP contribution in [0.5, 0.6) is 0 Å². The van der Waals surface area contributed by atoms with Crippen LogP contribution >= 0.6 is 0 Å². The van der Waals surface area contributed by atoms with Crippen LogP contribution in [-0.4, -0.2) is 71.9 Å². The fourth-order valence-corrected chi connectivity index (χ4v) is 1.58. The molecule has 0 aromatic heterocycles. The van der Waals surface area contributed by atoms with Gasteiger partial charge in [-0.25, -0.2) is 0 Å². The van der Waals surface area contributed by atoms with Crippen molar-refractivity contribution in [3.8, 4) is 0 Å². The molecule has 6 nitrogen and oxygen atoms in total. The van der Waals surface area contributed by atoms with Crippen LogP contribution in [0, 0.1) is 11.3 Å². The SMILES string of the molecule is CC(C)CCOCCOCCOCCOCCOCC(=O)C(C)(C)C. The number of Topliss-reactive ketones (excluding diaryl/α,β-unsaturated/α-hetero) is 1. The number of ether oxygens (including phenoxy) is 5. The maximum atomic E-state index is 11.6. The lowest BCUT2D eigenvalue weighted by molar-refractivity contribution is -0.131. The Balaban J connectivity index is 3.13. The Morgan fingerprint density at radius 2 is 1.04 bits per heavy atom. The van der Waals surface area contributed by atoms with E-state index in [1.165, 1.54) is 0 Å². The zero-order valence-corrected chi connectivity index (χ0v) is 16.8. The van der Waals surface area contributed by atoms with Gasteiger partial charge >= 0.3 is 0 Å². The molecule has 0 rings (SSSR count). The summed E-state index contributed by atoms with van der Waals surface area (Å²) in [6.07, 6.45) is 1.08. The molecule has 0 aromatic carbocycles. The van der Waals surface area contributed by atoms with Gasteiger partial charge in [0.15, 0.2) is 5.78 Å². The largest absolute Gasteiger partial charge is 0.379 e. The molecule has 0 atom stereocenters. The molecular formula is C19H38O6. The van der Waals surface area contributed by atoms with E-state index < -0.39 is 0 Å². The highest BCUT2D eigenvalue weighted by Crippen LogP contribution is 2.14. The zero-order chi connectivity index (χ0) is 19.0. The van der Waals surface area contributed by atoms with Gasteiger partial charge in [0.25, 0.3) is 0 Å². The van der Waals surface area contributed by atoms with Crippen molar-refractivity contribution >= 4 is 5.78 Å². The van der Waals surface area contributed by atoms with Crippen molar-refractivity contribution in [2.24, 2.45) is 11.3 Å². The topological polar surface area (TPSA) is 63.2 Å². The van der Waals surface area contributed by atoms with Crippen LogP contribution in [0.25, 0.3) is 0 Å². The molecule has 0 aliphatic carbocycles. The van der Waals surface area contributed by atoms with Gasteiger partial charge in [-0.2, -0.15) is 0 Å². The van der Waals surface area contributed by atoms with Crippen LogP contribution in [0.15, 0.2) is 0 Å². The van der Waals surface area contributed by atoms with Gasteiger partial charge in [-0.15, -0.1) is 0 Å². The van der Waals surface area contributed by atoms with Crippen LogP contribution in [0.2, 0.25) is 0 Å². The van der Waals surface area contributed by atoms with Crippen molar-refractivity contribution in [2.45, 2.75) is 41.0 Å². The first-order chi connectivity index (χ1) is 11.8. The third-order valence-electron chi connectivity index (χ3n) is 3.40. The molecule has 0 amide bonds. The van der Waals surface area contributed by atoms with E-state index in [9.17, 15) is 4.79 Å². The molecule has 0 aliphatic rings. The van der Waals surface area contributed by atoms with Crippen molar-refractivity contribution in [2.75, 3.05) is 66.1 Å². The fraction of sp³-hybridized carbons (Fsp3) is 0.947. The Morgan fingerprint density at radius 1 is 0.680 bits per heavy atom. The second-order valence-corrected chi connectivity index (χ2v) is 7.36. The van der Waals surface area contributed by atoms with E-state index in [4.69, 9.17) is 23.7 Å². The molecule has 6 heteroatoms. The van der Waals surface area contributed by atoms with Gasteiger partial charge in [0, 0.05) is 12.0 Å². The Hall–Kier alpha value is -0.530. The van der Waals surface area contributed by atoms with Gasteiger partial charge in [0.2, 0.25) is 0 Å². The number of ketones is 1. The minimum Gasteiger partial charge on any atom is -0.379 e.